The number of hydrogen-bond donors (Lipinski definition) is 1. The maximum Gasteiger partial charge on any atom is 0.288 e. The van der Waals surface area contributed by atoms with Crippen molar-refractivity contribution in [3.8, 4) is 0 Å². The number of thioether (sulfide) groups is 1. The Balaban J connectivity index is 2.06. The van der Waals surface area contributed by atoms with Gasteiger partial charge in [0.15, 0.2) is 0 Å². The lowest BCUT2D eigenvalue weighted by Gasteiger charge is -2.17. The van der Waals surface area contributed by atoms with Gasteiger partial charge in [-0.05, 0) is 50.6 Å². The van der Waals surface area contributed by atoms with Crippen LogP contribution in [-0.4, -0.2) is 5.76 Å². The Kier molecular flexibility index (Phi) is 5.23. The van der Waals surface area contributed by atoms with Crippen LogP contribution in [-0.2, 0) is 0 Å². The van der Waals surface area contributed by atoms with Gasteiger partial charge in [-0.1, -0.05) is 41.1 Å². The second kappa shape index (κ2) is 6.94. The molecule has 0 fully saturated rings. The summed E-state index contributed by atoms with van der Waals surface area (Å²) in [6, 6.07) is 13.7. The van der Waals surface area contributed by atoms with Gasteiger partial charge in [0.05, 0.1) is 0 Å². The Morgan fingerprint density at radius 3 is 2.05 bits per heavy atom. The number of rotatable bonds is 5. The van der Waals surface area contributed by atoms with Crippen LogP contribution in [0, 0.1) is 13.8 Å². The number of nitrogens with one attached hydrogen (secondary N) is 1. The van der Waals surface area contributed by atoms with E-state index in [1.165, 1.54) is 16.7 Å². The number of benzene rings is 2. The molecule has 2 aromatic rings. The normalized spacial score (nSPS) is 12.5. The van der Waals surface area contributed by atoms with Crippen molar-refractivity contribution >= 4 is 17.4 Å². The van der Waals surface area contributed by atoms with Crippen molar-refractivity contribution in [2.75, 3.05) is 5.32 Å². The standard InChI is InChI=1S/C17H19F2NS/c1-11-8-12(2)10-14(9-11)13(3)20-15-4-6-16(7-5-15)21-17(18)19/h4-10,13,17,20H,1-3H3. The highest BCUT2D eigenvalue weighted by molar-refractivity contribution is 7.99. The molecule has 0 aliphatic rings. The maximum absolute atomic E-state index is 12.3. The SMILES string of the molecule is Cc1cc(C)cc(C(C)Nc2ccc(SC(F)F)cc2)c1. The minimum Gasteiger partial charge on any atom is -0.379 e. The molecule has 1 unspecified atom stereocenters. The predicted octanol–water partition coefficient (Wildman–Crippen LogP) is 5.79. The lowest BCUT2D eigenvalue weighted by Crippen LogP contribution is -2.07. The van der Waals surface area contributed by atoms with Crippen LogP contribution in [0.5, 0.6) is 0 Å². The molecule has 0 saturated carbocycles. The molecule has 0 aromatic heterocycles. The summed E-state index contributed by atoms with van der Waals surface area (Å²) in [5, 5.41) is 3.40. The predicted molar refractivity (Wildman–Crippen MR) is 86.3 cm³/mol. The van der Waals surface area contributed by atoms with E-state index < -0.39 is 5.76 Å². The first-order valence-corrected chi connectivity index (χ1v) is 7.71. The average molecular weight is 307 g/mol. The van der Waals surface area contributed by atoms with E-state index in [4.69, 9.17) is 0 Å². The molecule has 0 spiro atoms. The van der Waals surface area contributed by atoms with Crippen LogP contribution in [0.25, 0.3) is 0 Å². The summed E-state index contributed by atoms with van der Waals surface area (Å²) in [4.78, 5) is 0.578. The van der Waals surface area contributed by atoms with Crippen molar-refractivity contribution < 1.29 is 8.78 Å². The summed E-state index contributed by atoms with van der Waals surface area (Å²) in [5.41, 5.74) is 4.63. The van der Waals surface area contributed by atoms with Crippen LogP contribution >= 0.6 is 11.8 Å². The summed E-state index contributed by atoms with van der Waals surface area (Å²) < 4.78 is 24.6. The zero-order valence-electron chi connectivity index (χ0n) is 12.4. The van der Waals surface area contributed by atoms with Gasteiger partial charge in [-0.2, -0.15) is 8.78 Å². The third-order valence-electron chi connectivity index (χ3n) is 3.21. The highest BCUT2D eigenvalue weighted by Gasteiger charge is 2.08. The molecule has 21 heavy (non-hydrogen) atoms. The van der Waals surface area contributed by atoms with Crippen LogP contribution in [0.1, 0.15) is 29.7 Å². The highest BCUT2D eigenvalue weighted by Crippen LogP contribution is 2.27. The van der Waals surface area contributed by atoms with E-state index in [1.54, 1.807) is 12.1 Å². The molecule has 0 radical (unpaired) electrons. The zero-order valence-corrected chi connectivity index (χ0v) is 13.2. The summed E-state index contributed by atoms with van der Waals surface area (Å²) in [6.07, 6.45) is 0. The highest BCUT2D eigenvalue weighted by atomic mass is 32.2. The Morgan fingerprint density at radius 1 is 0.952 bits per heavy atom. The van der Waals surface area contributed by atoms with Gasteiger partial charge in [0.1, 0.15) is 0 Å². The summed E-state index contributed by atoms with van der Waals surface area (Å²) >= 11 is 0.565. The minimum absolute atomic E-state index is 0.164. The summed E-state index contributed by atoms with van der Waals surface area (Å²) in [6.45, 7) is 6.26. The van der Waals surface area contributed by atoms with Crippen LogP contribution in [0.2, 0.25) is 0 Å². The number of anilines is 1. The van der Waals surface area contributed by atoms with E-state index >= 15 is 0 Å². The molecule has 0 bridgehead atoms. The lowest BCUT2D eigenvalue weighted by atomic mass is 10.0. The fraction of sp³-hybridized carbons (Fsp3) is 0.294. The van der Waals surface area contributed by atoms with Crippen molar-refractivity contribution in [2.45, 2.75) is 37.5 Å². The third-order valence-corrected chi connectivity index (χ3v) is 3.93. The van der Waals surface area contributed by atoms with E-state index in [-0.39, 0.29) is 6.04 Å². The fourth-order valence-corrected chi connectivity index (χ4v) is 2.82. The van der Waals surface area contributed by atoms with Gasteiger partial charge in [-0.25, -0.2) is 0 Å². The molecule has 1 nitrogen and oxygen atoms in total. The average Bonchev–Trinajstić information content (AvgIpc) is 2.39. The van der Waals surface area contributed by atoms with Crippen LogP contribution in [0.15, 0.2) is 47.4 Å². The van der Waals surface area contributed by atoms with Crippen molar-refractivity contribution in [3.05, 3.63) is 59.2 Å². The lowest BCUT2D eigenvalue weighted by molar-refractivity contribution is 0.252. The molecule has 0 aliphatic heterocycles. The van der Waals surface area contributed by atoms with Crippen molar-refractivity contribution in [2.24, 2.45) is 0 Å². The molecular weight excluding hydrogens is 288 g/mol. The molecule has 0 amide bonds. The Bertz CT molecular complexity index is 576. The van der Waals surface area contributed by atoms with E-state index in [9.17, 15) is 8.78 Å². The smallest absolute Gasteiger partial charge is 0.288 e. The van der Waals surface area contributed by atoms with Crippen molar-refractivity contribution in [1.29, 1.82) is 0 Å². The minimum atomic E-state index is -2.38. The van der Waals surface area contributed by atoms with Crippen molar-refractivity contribution in [1.82, 2.24) is 0 Å². The first-order chi connectivity index (χ1) is 9.94. The monoisotopic (exact) mass is 307 g/mol. The molecule has 112 valence electrons. The van der Waals surface area contributed by atoms with Crippen LogP contribution < -0.4 is 5.32 Å². The number of halogens is 2. The Hall–Kier alpha value is -1.55. The molecule has 1 atom stereocenters. The van der Waals surface area contributed by atoms with Gasteiger partial charge in [0.2, 0.25) is 0 Å². The first-order valence-electron chi connectivity index (χ1n) is 6.83. The molecule has 0 aliphatic carbocycles. The molecule has 1 N–H and O–H groups in total. The fourth-order valence-electron chi connectivity index (χ4n) is 2.33. The molecule has 0 saturated heterocycles. The molecular formula is C17H19F2NS. The summed E-state index contributed by atoms with van der Waals surface area (Å²) in [5.74, 6) is -2.38. The van der Waals surface area contributed by atoms with Gasteiger partial charge < -0.3 is 5.32 Å². The topological polar surface area (TPSA) is 12.0 Å². The van der Waals surface area contributed by atoms with Crippen LogP contribution in [0.3, 0.4) is 0 Å². The van der Waals surface area contributed by atoms with Gasteiger partial charge in [-0.3, -0.25) is 0 Å². The molecule has 2 aromatic carbocycles. The molecule has 2 rings (SSSR count). The van der Waals surface area contributed by atoms with E-state index in [0.717, 1.165) is 5.69 Å². The van der Waals surface area contributed by atoms with E-state index in [0.29, 0.717) is 16.7 Å². The Labute approximate surface area is 128 Å². The number of alkyl halides is 2. The van der Waals surface area contributed by atoms with Gasteiger partial charge in [0.25, 0.3) is 5.76 Å². The maximum atomic E-state index is 12.3. The summed E-state index contributed by atoms with van der Waals surface area (Å²) in [7, 11) is 0. The molecule has 4 heteroatoms. The van der Waals surface area contributed by atoms with Gasteiger partial charge >= 0.3 is 0 Å². The third kappa shape index (κ3) is 4.74. The van der Waals surface area contributed by atoms with Crippen molar-refractivity contribution in [3.63, 3.8) is 0 Å². The molecule has 0 heterocycles. The zero-order chi connectivity index (χ0) is 15.4. The quantitative estimate of drug-likeness (QED) is 0.701. The van der Waals surface area contributed by atoms with Crippen LogP contribution in [0.4, 0.5) is 14.5 Å². The largest absolute Gasteiger partial charge is 0.379 e. The van der Waals surface area contributed by atoms with Gasteiger partial charge in [-0.15, -0.1) is 0 Å². The van der Waals surface area contributed by atoms with E-state index in [1.807, 2.05) is 12.1 Å². The van der Waals surface area contributed by atoms with E-state index in [2.05, 4.69) is 44.3 Å². The first kappa shape index (κ1) is 15.8. The number of hydrogen-bond acceptors (Lipinski definition) is 2. The second-order valence-electron chi connectivity index (χ2n) is 5.19. The Morgan fingerprint density at radius 2 is 1.52 bits per heavy atom. The van der Waals surface area contributed by atoms with Gasteiger partial charge in [0, 0.05) is 16.6 Å². The second-order valence-corrected chi connectivity index (χ2v) is 6.25. The number of aryl methyl sites for hydroxylation is 2.